The van der Waals surface area contributed by atoms with Crippen LogP contribution >= 0.6 is 0 Å². The van der Waals surface area contributed by atoms with E-state index >= 15 is 0 Å². The van der Waals surface area contributed by atoms with Crippen molar-refractivity contribution in [2.45, 2.75) is 57.2 Å². The summed E-state index contributed by atoms with van der Waals surface area (Å²) >= 11 is 0. The first-order valence-electron chi connectivity index (χ1n) is 6.33. The third kappa shape index (κ3) is 3.96. The molecule has 15 heavy (non-hydrogen) atoms. The largest absolute Gasteiger partial charge is 0.378 e. The predicted molar refractivity (Wildman–Crippen MR) is 60.9 cm³/mol. The van der Waals surface area contributed by atoms with Crippen LogP contribution in [-0.2, 0) is 9.47 Å². The molecule has 2 rings (SSSR count). The summed E-state index contributed by atoms with van der Waals surface area (Å²) in [6, 6.07) is 0. The van der Waals surface area contributed by atoms with Crippen molar-refractivity contribution in [1.29, 1.82) is 0 Å². The van der Waals surface area contributed by atoms with Gasteiger partial charge in [-0.25, -0.2) is 0 Å². The molecule has 2 fully saturated rings. The number of hydrogen-bond donors (Lipinski definition) is 0. The molecular formula is C13H22O2. The molecule has 2 unspecified atom stereocenters. The molecule has 0 aliphatic carbocycles. The molecule has 2 atom stereocenters. The lowest BCUT2D eigenvalue weighted by Gasteiger charge is -2.06. The molecule has 2 heteroatoms. The molecule has 2 saturated heterocycles. The fraction of sp³-hybridized carbons (Fsp3) is 0.846. The van der Waals surface area contributed by atoms with Crippen LogP contribution in [0.15, 0.2) is 12.2 Å². The summed E-state index contributed by atoms with van der Waals surface area (Å²) < 4.78 is 11.1. The molecular weight excluding hydrogens is 188 g/mol. The molecule has 0 aromatic rings. The highest BCUT2D eigenvalue weighted by molar-refractivity contribution is 4.86. The summed E-state index contributed by atoms with van der Waals surface area (Å²) in [5.74, 6) is 0. The standard InChI is InChI=1S/C13H22O2/c1(2-6-12-8-4-10-14-12)3-7-13-9-5-11-15-13/h1-2,12-13H,3-11H2. The highest BCUT2D eigenvalue weighted by Crippen LogP contribution is 2.18. The summed E-state index contributed by atoms with van der Waals surface area (Å²) in [4.78, 5) is 0. The monoisotopic (exact) mass is 210 g/mol. The Labute approximate surface area is 92.6 Å². The SMILES string of the molecule is C(=CCC1CCCO1)CCC1CCCO1. The number of rotatable bonds is 5. The van der Waals surface area contributed by atoms with Crippen LogP contribution in [0.3, 0.4) is 0 Å². The van der Waals surface area contributed by atoms with Crippen molar-refractivity contribution in [2.75, 3.05) is 13.2 Å². The van der Waals surface area contributed by atoms with Crippen LogP contribution in [0, 0.1) is 0 Å². The third-order valence-corrected chi connectivity index (χ3v) is 3.27. The Morgan fingerprint density at radius 3 is 2.33 bits per heavy atom. The molecule has 0 radical (unpaired) electrons. The maximum absolute atomic E-state index is 5.57. The van der Waals surface area contributed by atoms with Gasteiger partial charge in [-0.3, -0.25) is 0 Å². The lowest BCUT2D eigenvalue weighted by Crippen LogP contribution is -2.03. The van der Waals surface area contributed by atoms with Crippen molar-refractivity contribution in [3.63, 3.8) is 0 Å². The van der Waals surface area contributed by atoms with Gasteiger partial charge in [-0.2, -0.15) is 0 Å². The van der Waals surface area contributed by atoms with E-state index in [0.717, 1.165) is 26.1 Å². The first-order chi connectivity index (χ1) is 7.45. The predicted octanol–water partition coefficient (Wildman–Crippen LogP) is 3.07. The molecule has 0 aromatic heterocycles. The van der Waals surface area contributed by atoms with Crippen LogP contribution in [0.5, 0.6) is 0 Å². The van der Waals surface area contributed by atoms with Crippen molar-refractivity contribution < 1.29 is 9.47 Å². The van der Waals surface area contributed by atoms with Crippen LogP contribution in [0.1, 0.15) is 44.9 Å². The van der Waals surface area contributed by atoms with Crippen LogP contribution in [0.4, 0.5) is 0 Å². The average molecular weight is 210 g/mol. The fourth-order valence-corrected chi connectivity index (χ4v) is 2.35. The molecule has 2 nitrogen and oxygen atoms in total. The lowest BCUT2D eigenvalue weighted by atomic mass is 10.1. The molecule has 2 aliphatic rings. The van der Waals surface area contributed by atoms with Gasteiger partial charge in [0.25, 0.3) is 0 Å². The van der Waals surface area contributed by atoms with Gasteiger partial charge in [0.1, 0.15) is 0 Å². The maximum atomic E-state index is 5.57. The zero-order valence-electron chi connectivity index (χ0n) is 9.49. The zero-order valence-corrected chi connectivity index (χ0v) is 9.49. The van der Waals surface area contributed by atoms with Gasteiger partial charge >= 0.3 is 0 Å². The fourth-order valence-electron chi connectivity index (χ4n) is 2.35. The van der Waals surface area contributed by atoms with E-state index in [1.54, 1.807) is 0 Å². The maximum Gasteiger partial charge on any atom is 0.0610 e. The van der Waals surface area contributed by atoms with Gasteiger partial charge in [0.15, 0.2) is 0 Å². The highest BCUT2D eigenvalue weighted by Gasteiger charge is 2.14. The summed E-state index contributed by atoms with van der Waals surface area (Å²) in [6.07, 6.45) is 14.1. The second-order valence-corrected chi connectivity index (χ2v) is 4.55. The molecule has 0 N–H and O–H groups in total. The number of hydrogen-bond acceptors (Lipinski definition) is 2. The van der Waals surface area contributed by atoms with Gasteiger partial charge in [0.05, 0.1) is 12.2 Å². The minimum atomic E-state index is 0.504. The van der Waals surface area contributed by atoms with Gasteiger partial charge in [-0.1, -0.05) is 12.2 Å². The van der Waals surface area contributed by atoms with E-state index in [2.05, 4.69) is 12.2 Å². The minimum absolute atomic E-state index is 0.504. The van der Waals surface area contributed by atoms with E-state index in [-0.39, 0.29) is 0 Å². The van der Waals surface area contributed by atoms with E-state index < -0.39 is 0 Å². The molecule has 0 amide bonds. The van der Waals surface area contributed by atoms with Crippen LogP contribution in [0.2, 0.25) is 0 Å². The van der Waals surface area contributed by atoms with Crippen molar-refractivity contribution in [1.82, 2.24) is 0 Å². The highest BCUT2D eigenvalue weighted by atomic mass is 16.5. The van der Waals surface area contributed by atoms with Gasteiger partial charge in [-0.05, 0) is 44.9 Å². The number of allylic oxidation sites excluding steroid dienone is 1. The molecule has 2 heterocycles. The molecule has 86 valence electrons. The normalized spacial score (nSPS) is 31.7. The molecule has 0 spiro atoms. The topological polar surface area (TPSA) is 18.5 Å². The Morgan fingerprint density at radius 2 is 1.67 bits per heavy atom. The van der Waals surface area contributed by atoms with Gasteiger partial charge in [0.2, 0.25) is 0 Å². The molecule has 2 aliphatic heterocycles. The molecule has 0 bridgehead atoms. The van der Waals surface area contributed by atoms with Crippen LogP contribution in [-0.4, -0.2) is 25.4 Å². The zero-order chi connectivity index (χ0) is 10.3. The Kier molecular flexibility index (Phi) is 4.68. The summed E-state index contributed by atoms with van der Waals surface area (Å²) in [5, 5.41) is 0. The summed E-state index contributed by atoms with van der Waals surface area (Å²) in [5.41, 5.74) is 0. The first-order valence-corrected chi connectivity index (χ1v) is 6.33. The summed E-state index contributed by atoms with van der Waals surface area (Å²) in [7, 11) is 0. The minimum Gasteiger partial charge on any atom is -0.378 e. The van der Waals surface area contributed by atoms with Crippen LogP contribution < -0.4 is 0 Å². The quantitative estimate of drug-likeness (QED) is 0.649. The smallest absolute Gasteiger partial charge is 0.0610 e. The van der Waals surface area contributed by atoms with Gasteiger partial charge < -0.3 is 9.47 Å². The van der Waals surface area contributed by atoms with Crippen molar-refractivity contribution >= 4 is 0 Å². The Morgan fingerprint density at radius 1 is 0.933 bits per heavy atom. The molecule has 0 saturated carbocycles. The van der Waals surface area contributed by atoms with Crippen molar-refractivity contribution in [3.8, 4) is 0 Å². The molecule has 0 aromatic carbocycles. The van der Waals surface area contributed by atoms with E-state index in [9.17, 15) is 0 Å². The van der Waals surface area contributed by atoms with Crippen molar-refractivity contribution in [2.24, 2.45) is 0 Å². The second kappa shape index (κ2) is 6.29. The van der Waals surface area contributed by atoms with E-state index in [1.165, 1.54) is 32.1 Å². The lowest BCUT2D eigenvalue weighted by molar-refractivity contribution is 0.105. The Balaban J connectivity index is 1.50. The first kappa shape index (κ1) is 11.2. The van der Waals surface area contributed by atoms with Gasteiger partial charge in [-0.15, -0.1) is 0 Å². The van der Waals surface area contributed by atoms with E-state index in [1.807, 2.05) is 0 Å². The average Bonchev–Trinajstić information content (AvgIpc) is 2.88. The number of ether oxygens (including phenoxy) is 2. The summed E-state index contributed by atoms with van der Waals surface area (Å²) in [6.45, 7) is 1.94. The Hall–Kier alpha value is -0.340. The second-order valence-electron chi connectivity index (χ2n) is 4.55. The van der Waals surface area contributed by atoms with Crippen molar-refractivity contribution in [3.05, 3.63) is 12.2 Å². The van der Waals surface area contributed by atoms with E-state index in [4.69, 9.17) is 9.47 Å². The third-order valence-electron chi connectivity index (χ3n) is 3.27. The van der Waals surface area contributed by atoms with E-state index in [0.29, 0.717) is 12.2 Å². The van der Waals surface area contributed by atoms with Gasteiger partial charge in [0, 0.05) is 13.2 Å². The Bertz CT molecular complexity index is 189. The van der Waals surface area contributed by atoms with Crippen LogP contribution in [0.25, 0.3) is 0 Å².